The van der Waals surface area contributed by atoms with Gasteiger partial charge in [-0.05, 0) is 72.4 Å². The zero-order valence-corrected chi connectivity index (χ0v) is 20.0. The summed E-state index contributed by atoms with van der Waals surface area (Å²) in [6.07, 6.45) is 4.02. The van der Waals surface area contributed by atoms with Crippen LogP contribution in [0.4, 0.5) is 5.69 Å². The van der Waals surface area contributed by atoms with Crippen molar-refractivity contribution in [2.45, 2.75) is 39.8 Å². The van der Waals surface area contributed by atoms with Gasteiger partial charge < -0.3 is 10.6 Å². The third-order valence-corrected chi connectivity index (χ3v) is 6.11. The monoisotopic (exact) mass is 449 g/mol. The molecule has 0 aliphatic carbocycles. The Balaban J connectivity index is 1.43. The molecule has 1 aromatic heterocycles. The van der Waals surface area contributed by atoms with Gasteiger partial charge in [0.15, 0.2) is 0 Å². The SMILES string of the molecule is Cc1ccc(C(NC(=O)Cc2ccc(NCc3ccncc3C)cc2)c2ccccc2)c(C)c1. The Hall–Kier alpha value is -3.92. The third kappa shape index (κ3) is 5.90. The molecule has 0 fully saturated rings. The van der Waals surface area contributed by atoms with Crippen LogP contribution in [0.3, 0.4) is 0 Å². The second kappa shape index (κ2) is 10.8. The fraction of sp³-hybridized carbons (Fsp3) is 0.200. The molecule has 1 amide bonds. The van der Waals surface area contributed by atoms with Crippen molar-refractivity contribution < 1.29 is 4.79 Å². The molecule has 0 saturated heterocycles. The Labute approximate surface area is 202 Å². The van der Waals surface area contributed by atoms with Crippen LogP contribution in [-0.2, 0) is 17.8 Å². The van der Waals surface area contributed by atoms with Gasteiger partial charge in [0.1, 0.15) is 0 Å². The summed E-state index contributed by atoms with van der Waals surface area (Å²) in [5, 5.41) is 6.71. The number of aromatic nitrogens is 1. The van der Waals surface area contributed by atoms with Crippen LogP contribution in [-0.4, -0.2) is 10.9 Å². The summed E-state index contributed by atoms with van der Waals surface area (Å²) in [7, 11) is 0. The van der Waals surface area contributed by atoms with Gasteiger partial charge in [-0.15, -0.1) is 0 Å². The molecule has 34 heavy (non-hydrogen) atoms. The topological polar surface area (TPSA) is 54.0 Å². The molecule has 0 radical (unpaired) electrons. The third-order valence-electron chi connectivity index (χ3n) is 6.11. The number of aryl methyl sites for hydroxylation is 3. The molecule has 4 rings (SSSR count). The van der Waals surface area contributed by atoms with Crippen LogP contribution < -0.4 is 10.6 Å². The molecule has 1 atom stereocenters. The molecule has 0 aliphatic heterocycles. The normalized spacial score (nSPS) is 11.6. The number of rotatable bonds is 8. The van der Waals surface area contributed by atoms with Gasteiger partial charge in [-0.2, -0.15) is 0 Å². The van der Waals surface area contributed by atoms with Crippen molar-refractivity contribution in [2.24, 2.45) is 0 Å². The molecule has 172 valence electrons. The lowest BCUT2D eigenvalue weighted by Crippen LogP contribution is -2.31. The smallest absolute Gasteiger partial charge is 0.225 e. The number of benzene rings is 3. The average Bonchev–Trinajstić information content (AvgIpc) is 2.84. The van der Waals surface area contributed by atoms with E-state index >= 15 is 0 Å². The predicted molar refractivity (Wildman–Crippen MR) is 139 cm³/mol. The standard InChI is InChI=1S/C30H31N3O/c1-21-9-14-28(22(2)17-21)30(25-7-5-4-6-8-25)33-29(34)18-24-10-12-27(13-11-24)32-20-26-15-16-31-19-23(26)3/h4-17,19,30,32H,18,20H2,1-3H3,(H,33,34). The van der Waals surface area contributed by atoms with Gasteiger partial charge in [0.05, 0.1) is 12.5 Å². The summed E-state index contributed by atoms with van der Waals surface area (Å²) in [6.45, 7) is 6.99. The van der Waals surface area contributed by atoms with Crippen LogP contribution in [0.1, 0.15) is 45.0 Å². The molecule has 4 aromatic rings. The van der Waals surface area contributed by atoms with Crippen LogP contribution >= 0.6 is 0 Å². The Kier molecular flexibility index (Phi) is 7.38. The fourth-order valence-electron chi connectivity index (χ4n) is 4.17. The number of hydrogen-bond donors (Lipinski definition) is 2. The highest BCUT2D eigenvalue weighted by molar-refractivity contribution is 5.79. The summed E-state index contributed by atoms with van der Waals surface area (Å²) in [4.78, 5) is 17.2. The minimum absolute atomic E-state index is 0.00180. The van der Waals surface area contributed by atoms with E-state index in [1.54, 1.807) is 0 Å². The van der Waals surface area contributed by atoms with Crippen molar-refractivity contribution in [1.29, 1.82) is 0 Å². The van der Waals surface area contributed by atoms with E-state index in [2.05, 4.69) is 66.7 Å². The van der Waals surface area contributed by atoms with E-state index in [0.29, 0.717) is 6.42 Å². The molecule has 2 N–H and O–H groups in total. The van der Waals surface area contributed by atoms with Crippen molar-refractivity contribution in [3.63, 3.8) is 0 Å². The van der Waals surface area contributed by atoms with E-state index in [4.69, 9.17) is 0 Å². The van der Waals surface area contributed by atoms with Crippen molar-refractivity contribution in [3.8, 4) is 0 Å². The first-order valence-electron chi connectivity index (χ1n) is 11.6. The van der Waals surface area contributed by atoms with E-state index in [9.17, 15) is 4.79 Å². The Bertz CT molecular complexity index is 1250. The van der Waals surface area contributed by atoms with Gasteiger partial charge in [0, 0.05) is 24.6 Å². The van der Waals surface area contributed by atoms with Crippen molar-refractivity contribution in [2.75, 3.05) is 5.32 Å². The van der Waals surface area contributed by atoms with Gasteiger partial charge in [0.2, 0.25) is 5.91 Å². The minimum Gasteiger partial charge on any atom is -0.381 e. The van der Waals surface area contributed by atoms with E-state index in [0.717, 1.165) is 28.9 Å². The number of carbonyl (C=O) groups excluding carboxylic acids is 1. The van der Waals surface area contributed by atoms with Crippen LogP contribution in [0, 0.1) is 20.8 Å². The first-order chi connectivity index (χ1) is 16.5. The predicted octanol–water partition coefficient (Wildman–Crippen LogP) is 6.07. The lowest BCUT2D eigenvalue weighted by atomic mass is 9.93. The summed E-state index contributed by atoms with van der Waals surface area (Å²) < 4.78 is 0. The van der Waals surface area contributed by atoms with E-state index in [1.165, 1.54) is 22.3 Å². The van der Waals surface area contributed by atoms with Crippen LogP contribution in [0.15, 0.2) is 91.3 Å². The highest BCUT2D eigenvalue weighted by Crippen LogP contribution is 2.26. The van der Waals surface area contributed by atoms with Gasteiger partial charge in [-0.25, -0.2) is 0 Å². The van der Waals surface area contributed by atoms with E-state index in [1.807, 2.05) is 60.9 Å². The number of nitrogens with zero attached hydrogens (tertiary/aromatic N) is 1. The Morgan fingerprint density at radius 2 is 1.65 bits per heavy atom. The molecule has 1 unspecified atom stereocenters. The van der Waals surface area contributed by atoms with Crippen molar-refractivity contribution >= 4 is 11.6 Å². The molecular weight excluding hydrogens is 418 g/mol. The Morgan fingerprint density at radius 1 is 0.882 bits per heavy atom. The van der Waals surface area contributed by atoms with Gasteiger partial charge in [-0.3, -0.25) is 9.78 Å². The molecule has 0 spiro atoms. The zero-order valence-electron chi connectivity index (χ0n) is 20.0. The number of anilines is 1. The Morgan fingerprint density at radius 3 is 2.35 bits per heavy atom. The second-order valence-electron chi connectivity index (χ2n) is 8.80. The number of pyridine rings is 1. The molecule has 1 heterocycles. The maximum atomic E-state index is 13.0. The highest BCUT2D eigenvalue weighted by atomic mass is 16.1. The molecule has 0 bridgehead atoms. The zero-order chi connectivity index (χ0) is 23.9. The van der Waals surface area contributed by atoms with E-state index < -0.39 is 0 Å². The number of amides is 1. The largest absolute Gasteiger partial charge is 0.381 e. The highest BCUT2D eigenvalue weighted by Gasteiger charge is 2.19. The fourth-order valence-corrected chi connectivity index (χ4v) is 4.17. The number of nitrogens with one attached hydrogen (secondary N) is 2. The molecule has 4 nitrogen and oxygen atoms in total. The molecule has 4 heteroatoms. The summed E-state index contributed by atoms with van der Waals surface area (Å²) >= 11 is 0. The summed E-state index contributed by atoms with van der Waals surface area (Å²) in [5.74, 6) is 0.00180. The molecular formula is C30H31N3O. The lowest BCUT2D eigenvalue weighted by Gasteiger charge is -2.22. The first kappa shape index (κ1) is 23.2. The molecule has 3 aromatic carbocycles. The maximum Gasteiger partial charge on any atom is 0.225 e. The summed E-state index contributed by atoms with van der Waals surface area (Å²) in [5.41, 5.74) is 8.98. The second-order valence-corrected chi connectivity index (χ2v) is 8.80. The van der Waals surface area contributed by atoms with Crippen LogP contribution in [0.2, 0.25) is 0 Å². The van der Waals surface area contributed by atoms with Gasteiger partial charge in [-0.1, -0.05) is 66.2 Å². The minimum atomic E-state index is -0.182. The average molecular weight is 450 g/mol. The van der Waals surface area contributed by atoms with Crippen LogP contribution in [0.25, 0.3) is 0 Å². The van der Waals surface area contributed by atoms with Crippen molar-refractivity contribution in [3.05, 3.63) is 130 Å². The maximum absolute atomic E-state index is 13.0. The van der Waals surface area contributed by atoms with E-state index in [-0.39, 0.29) is 11.9 Å². The van der Waals surface area contributed by atoms with Gasteiger partial charge >= 0.3 is 0 Å². The quantitative estimate of drug-likeness (QED) is 0.343. The number of hydrogen-bond acceptors (Lipinski definition) is 3. The van der Waals surface area contributed by atoms with Crippen LogP contribution in [0.5, 0.6) is 0 Å². The first-order valence-corrected chi connectivity index (χ1v) is 11.6. The molecule has 0 saturated carbocycles. The lowest BCUT2D eigenvalue weighted by molar-refractivity contribution is -0.120. The van der Waals surface area contributed by atoms with Crippen molar-refractivity contribution in [1.82, 2.24) is 10.3 Å². The molecule has 0 aliphatic rings. The van der Waals surface area contributed by atoms with Gasteiger partial charge in [0.25, 0.3) is 0 Å². The summed E-state index contributed by atoms with van der Waals surface area (Å²) in [6, 6.07) is 26.4. The number of carbonyl (C=O) groups is 1.